The van der Waals surface area contributed by atoms with Crippen LogP contribution < -0.4 is 5.73 Å². The van der Waals surface area contributed by atoms with Crippen molar-refractivity contribution >= 4 is 16.9 Å². The first-order valence-electron chi connectivity index (χ1n) is 7.48. The van der Waals surface area contributed by atoms with Crippen LogP contribution in [-0.4, -0.2) is 24.5 Å². The Labute approximate surface area is 137 Å². The Morgan fingerprint density at radius 1 is 1.12 bits per heavy atom. The lowest BCUT2D eigenvalue weighted by molar-refractivity contribution is 0.589. The monoisotopic (exact) mass is 322 g/mol. The number of hydrogen-bond donors (Lipinski definition) is 1. The van der Waals surface area contributed by atoms with E-state index >= 15 is 0 Å². The third-order valence-electron chi connectivity index (χ3n) is 3.94. The number of aromatic nitrogens is 5. The van der Waals surface area contributed by atoms with Gasteiger partial charge in [-0.1, -0.05) is 18.2 Å². The van der Waals surface area contributed by atoms with Crippen molar-refractivity contribution in [2.45, 2.75) is 6.54 Å². The molecular formula is C17H15FN6. The highest BCUT2D eigenvalue weighted by molar-refractivity contribution is 5.90. The average Bonchev–Trinajstić information content (AvgIpc) is 3.11. The van der Waals surface area contributed by atoms with Crippen LogP contribution in [0.4, 0.5) is 10.2 Å². The first kappa shape index (κ1) is 14.4. The summed E-state index contributed by atoms with van der Waals surface area (Å²) in [4.78, 5) is 4.39. The largest absolute Gasteiger partial charge is 0.384 e. The van der Waals surface area contributed by atoms with E-state index in [1.165, 1.54) is 6.07 Å². The van der Waals surface area contributed by atoms with Crippen LogP contribution in [0.25, 0.3) is 22.4 Å². The smallest absolute Gasteiger partial charge is 0.158 e. The standard InChI is InChI=1S/C17H15FN6/c1-23-15(19)9-14(21-23)16-12-6-4-8-20-17(12)24(22-16)10-11-5-2-3-7-13(11)18/h2-9H,10,19H2,1H3. The Bertz CT molecular complexity index is 1010. The zero-order valence-corrected chi connectivity index (χ0v) is 13.0. The highest BCUT2D eigenvalue weighted by Gasteiger charge is 2.17. The fourth-order valence-corrected chi connectivity index (χ4v) is 2.69. The van der Waals surface area contributed by atoms with Gasteiger partial charge in [-0.2, -0.15) is 10.2 Å². The van der Waals surface area contributed by atoms with Gasteiger partial charge in [0.15, 0.2) is 5.65 Å². The molecule has 2 N–H and O–H groups in total. The summed E-state index contributed by atoms with van der Waals surface area (Å²) in [6.45, 7) is 0.294. The fraction of sp³-hybridized carbons (Fsp3) is 0.118. The molecule has 1 aromatic carbocycles. The molecule has 4 aromatic rings. The maximum Gasteiger partial charge on any atom is 0.158 e. The average molecular weight is 322 g/mol. The molecule has 4 rings (SSSR count). The number of benzene rings is 1. The molecule has 3 heterocycles. The van der Waals surface area contributed by atoms with E-state index in [0.29, 0.717) is 35.0 Å². The molecule has 7 heteroatoms. The zero-order valence-electron chi connectivity index (χ0n) is 13.0. The number of halogens is 1. The van der Waals surface area contributed by atoms with Gasteiger partial charge in [0, 0.05) is 30.3 Å². The van der Waals surface area contributed by atoms with Crippen molar-refractivity contribution in [3.8, 4) is 11.4 Å². The molecule has 0 fully saturated rings. The molecule has 0 bridgehead atoms. The summed E-state index contributed by atoms with van der Waals surface area (Å²) in [5, 5.41) is 9.84. The first-order chi connectivity index (χ1) is 11.6. The van der Waals surface area contributed by atoms with Gasteiger partial charge in [-0.15, -0.1) is 0 Å². The van der Waals surface area contributed by atoms with Gasteiger partial charge in [-0.25, -0.2) is 14.1 Å². The van der Waals surface area contributed by atoms with Gasteiger partial charge in [0.1, 0.15) is 23.0 Å². The SMILES string of the molecule is Cn1nc(-c2nn(Cc3ccccc3F)c3ncccc23)cc1N. The van der Waals surface area contributed by atoms with Crippen LogP contribution in [0.3, 0.4) is 0 Å². The van der Waals surface area contributed by atoms with Crippen LogP contribution in [0, 0.1) is 5.82 Å². The minimum Gasteiger partial charge on any atom is -0.384 e. The van der Waals surface area contributed by atoms with Gasteiger partial charge in [-0.05, 0) is 18.2 Å². The predicted octanol–water partition coefficient (Wildman–Crippen LogP) is 2.60. The number of rotatable bonds is 3. The lowest BCUT2D eigenvalue weighted by Gasteiger charge is -2.04. The topological polar surface area (TPSA) is 74.5 Å². The lowest BCUT2D eigenvalue weighted by atomic mass is 10.2. The molecule has 0 aliphatic carbocycles. The number of pyridine rings is 1. The van der Waals surface area contributed by atoms with Gasteiger partial charge in [0.2, 0.25) is 0 Å². The molecule has 6 nitrogen and oxygen atoms in total. The molecule has 0 saturated heterocycles. The van der Waals surface area contributed by atoms with Crippen LogP contribution in [0.15, 0.2) is 48.7 Å². The summed E-state index contributed by atoms with van der Waals surface area (Å²) in [6, 6.07) is 12.2. The third-order valence-corrected chi connectivity index (χ3v) is 3.94. The number of hydrogen-bond acceptors (Lipinski definition) is 4. The molecule has 3 aromatic heterocycles. The molecule has 0 atom stereocenters. The molecule has 0 amide bonds. The van der Waals surface area contributed by atoms with Crippen molar-refractivity contribution in [1.29, 1.82) is 0 Å². The second-order valence-electron chi connectivity index (χ2n) is 5.55. The van der Waals surface area contributed by atoms with Crippen molar-refractivity contribution in [3.05, 3.63) is 60.0 Å². The number of nitrogens with zero attached hydrogens (tertiary/aromatic N) is 5. The normalized spacial score (nSPS) is 11.2. The van der Waals surface area contributed by atoms with Gasteiger partial charge in [0.05, 0.1) is 6.54 Å². The van der Waals surface area contributed by atoms with Gasteiger partial charge >= 0.3 is 0 Å². The van der Waals surface area contributed by atoms with Crippen molar-refractivity contribution < 1.29 is 4.39 Å². The summed E-state index contributed by atoms with van der Waals surface area (Å²) < 4.78 is 17.2. The quantitative estimate of drug-likeness (QED) is 0.629. The number of nitrogens with two attached hydrogens (primary N) is 1. The summed E-state index contributed by atoms with van der Waals surface area (Å²) in [5.74, 6) is 0.284. The van der Waals surface area contributed by atoms with Gasteiger partial charge in [0.25, 0.3) is 0 Å². The van der Waals surface area contributed by atoms with E-state index in [1.807, 2.05) is 12.1 Å². The maximum atomic E-state index is 14.0. The lowest BCUT2D eigenvalue weighted by Crippen LogP contribution is -2.04. The highest BCUT2D eigenvalue weighted by atomic mass is 19.1. The fourth-order valence-electron chi connectivity index (χ4n) is 2.69. The highest BCUT2D eigenvalue weighted by Crippen LogP contribution is 2.27. The second-order valence-corrected chi connectivity index (χ2v) is 5.55. The van der Waals surface area contributed by atoms with Crippen LogP contribution >= 0.6 is 0 Å². The van der Waals surface area contributed by atoms with E-state index in [1.54, 1.807) is 46.9 Å². The van der Waals surface area contributed by atoms with Gasteiger partial charge in [-0.3, -0.25) is 4.68 Å². The van der Waals surface area contributed by atoms with Crippen LogP contribution in [-0.2, 0) is 13.6 Å². The molecular weight excluding hydrogens is 307 g/mol. The van der Waals surface area contributed by atoms with Crippen molar-refractivity contribution in [2.24, 2.45) is 7.05 Å². The number of nitrogen functional groups attached to an aromatic ring is 1. The minimum atomic E-state index is -0.263. The molecule has 0 aliphatic rings. The van der Waals surface area contributed by atoms with Crippen LogP contribution in [0.1, 0.15) is 5.56 Å². The Morgan fingerprint density at radius 3 is 2.71 bits per heavy atom. The van der Waals surface area contributed by atoms with E-state index in [9.17, 15) is 4.39 Å². The number of anilines is 1. The van der Waals surface area contributed by atoms with Crippen molar-refractivity contribution in [1.82, 2.24) is 24.5 Å². The van der Waals surface area contributed by atoms with E-state index in [0.717, 1.165) is 5.39 Å². The Balaban J connectivity index is 1.87. The van der Waals surface area contributed by atoms with E-state index in [2.05, 4.69) is 15.2 Å². The van der Waals surface area contributed by atoms with E-state index in [4.69, 9.17) is 5.73 Å². The Hall–Kier alpha value is -3.22. The summed E-state index contributed by atoms with van der Waals surface area (Å²) in [7, 11) is 1.77. The molecule has 120 valence electrons. The summed E-state index contributed by atoms with van der Waals surface area (Å²) in [6.07, 6.45) is 1.69. The Kier molecular flexibility index (Phi) is 3.26. The van der Waals surface area contributed by atoms with Crippen molar-refractivity contribution in [3.63, 3.8) is 0 Å². The molecule has 0 radical (unpaired) electrons. The number of fused-ring (bicyclic) bond motifs is 1. The molecule has 0 aliphatic heterocycles. The van der Waals surface area contributed by atoms with Gasteiger partial charge < -0.3 is 5.73 Å². The summed E-state index contributed by atoms with van der Waals surface area (Å²) >= 11 is 0. The van der Waals surface area contributed by atoms with Crippen molar-refractivity contribution in [2.75, 3.05) is 5.73 Å². The van der Waals surface area contributed by atoms with E-state index < -0.39 is 0 Å². The molecule has 24 heavy (non-hydrogen) atoms. The first-order valence-corrected chi connectivity index (χ1v) is 7.48. The third kappa shape index (κ3) is 2.30. The maximum absolute atomic E-state index is 14.0. The van der Waals surface area contributed by atoms with Crippen LogP contribution in [0.5, 0.6) is 0 Å². The molecule has 0 saturated carbocycles. The van der Waals surface area contributed by atoms with Crippen LogP contribution in [0.2, 0.25) is 0 Å². The minimum absolute atomic E-state index is 0.263. The summed E-state index contributed by atoms with van der Waals surface area (Å²) in [5.41, 5.74) is 8.46. The molecule has 0 spiro atoms. The Morgan fingerprint density at radius 2 is 1.96 bits per heavy atom. The second kappa shape index (κ2) is 5.45. The van der Waals surface area contributed by atoms with E-state index in [-0.39, 0.29) is 5.82 Å². The number of aryl methyl sites for hydroxylation is 1. The zero-order chi connectivity index (χ0) is 16.7. The molecule has 0 unspecified atom stereocenters. The predicted molar refractivity (Wildman–Crippen MR) is 89.6 cm³/mol.